The summed E-state index contributed by atoms with van der Waals surface area (Å²) in [5.74, 6) is 0. The molecule has 1 N–H and O–H groups in total. The normalized spacial score (nSPS) is 12.6. The molecular weight excluding hydrogens is 210 g/mol. The van der Waals surface area contributed by atoms with E-state index in [1.807, 2.05) is 32.1 Å². The smallest absolute Gasteiger partial charge is 0.229 e. The molecule has 0 atom stereocenters. The van der Waals surface area contributed by atoms with Gasteiger partial charge >= 0.3 is 0 Å². The van der Waals surface area contributed by atoms with Gasteiger partial charge in [-0.15, -0.1) is 0 Å². The first-order chi connectivity index (χ1) is 6.92. The van der Waals surface area contributed by atoms with Gasteiger partial charge in [-0.3, -0.25) is 4.72 Å². The number of sulfonamides is 1. The summed E-state index contributed by atoms with van der Waals surface area (Å²) in [5.41, 5.74) is 2.85. The summed E-state index contributed by atoms with van der Waals surface area (Å²) in [6.45, 7) is 3.98. The Morgan fingerprint density at radius 3 is 2.20 bits per heavy atom. The van der Waals surface area contributed by atoms with Gasteiger partial charge in [-0.25, -0.2) is 8.42 Å². The largest absolute Gasteiger partial charge is 0.284 e. The lowest BCUT2D eigenvalue weighted by Crippen LogP contribution is -2.09. The second-order valence-electron chi connectivity index (χ2n) is 3.42. The number of benzene rings is 1. The topological polar surface area (TPSA) is 46.2 Å². The molecule has 1 rings (SSSR count). The first-order valence-electron chi connectivity index (χ1n) is 4.63. The van der Waals surface area contributed by atoms with Crippen molar-refractivity contribution in [2.45, 2.75) is 13.8 Å². The van der Waals surface area contributed by atoms with E-state index in [2.05, 4.69) is 4.72 Å². The molecule has 1 aromatic carbocycles. The average Bonchev–Trinajstić information content (AvgIpc) is 2.15. The van der Waals surface area contributed by atoms with Crippen LogP contribution in [0.25, 0.3) is 5.57 Å². The van der Waals surface area contributed by atoms with Crippen LogP contribution in [0.3, 0.4) is 0 Å². The molecule has 15 heavy (non-hydrogen) atoms. The van der Waals surface area contributed by atoms with Crippen molar-refractivity contribution in [1.29, 1.82) is 0 Å². The molecule has 0 fully saturated rings. The van der Waals surface area contributed by atoms with E-state index in [-0.39, 0.29) is 0 Å². The van der Waals surface area contributed by atoms with Crippen LogP contribution in [0.4, 0.5) is 5.69 Å². The van der Waals surface area contributed by atoms with Crippen molar-refractivity contribution >= 4 is 21.3 Å². The summed E-state index contributed by atoms with van der Waals surface area (Å²) in [4.78, 5) is 0. The first-order valence-corrected chi connectivity index (χ1v) is 6.52. The molecule has 0 amide bonds. The van der Waals surface area contributed by atoms with Gasteiger partial charge in [0.15, 0.2) is 0 Å². The van der Waals surface area contributed by atoms with E-state index in [9.17, 15) is 8.42 Å². The van der Waals surface area contributed by atoms with Gasteiger partial charge < -0.3 is 0 Å². The highest BCUT2D eigenvalue weighted by molar-refractivity contribution is 7.92. The molecule has 4 heteroatoms. The molecule has 0 aliphatic carbocycles. The fourth-order valence-electron chi connectivity index (χ4n) is 1.18. The zero-order valence-corrected chi connectivity index (χ0v) is 9.93. The zero-order chi connectivity index (χ0) is 11.5. The maximum absolute atomic E-state index is 11.0. The molecule has 0 aliphatic rings. The number of nitrogens with one attached hydrogen (secondary N) is 1. The lowest BCUT2D eigenvalue weighted by atomic mass is 10.1. The minimum Gasteiger partial charge on any atom is -0.284 e. The van der Waals surface area contributed by atoms with Gasteiger partial charge in [0.2, 0.25) is 10.0 Å². The summed E-state index contributed by atoms with van der Waals surface area (Å²) in [6.07, 6.45) is 3.15. The van der Waals surface area contributed by atoms with Crippen molar-refractivity contribution in [3.63, 3.8) is 0 Å². The number of hydrogen-bond acceptors (Lipinski definition) is 2. The highest BCUT2D eigenvalue weighted by atomic mass is 32.2. The Morgan fingerprint density at radius 2 is 1.80 bits per heavy atom. The van der Waals surface area contributed by atoms with Gasteiger partial charge in [-0.05, 0) is 37.1 Å². The maximum atomic E-state index is 11.0. The molecule has 0 aromatic heterocycles. The van der Waals surface area contributed by atoms with E-state index in [1.165, 1.54) is 5.57 Å². The van der Waals surface area contributed by atoms with E-state index in [0.717, 1.165) is 11.8 Å². The third-order valence-corrected chi connectivity index (χ3v) is 2.68. The Balaban J connectivity index is 2.91. The molecule has 0 bridgehead atoms. The number of hydrogen-bond donors (Lipinski definition) is 1. The fourth-order valence-corrected chi connectivity index (χ4v) is 1.75. The number of allylic oxidation sites excluding steroid dienone is 2. The van der Waals surface area contributed by atoms with Crippen LogP contribution in [-0.4, -0.2) is 14.7 Å². The van der Waals surface area contributed by atoms with Crippen molar-refractivity contribution in [3.8, 4) is 0 Å². The molecule has 0 saturated heterocycles. The Morgan fingerprint density at radius 1 is 1.27 bits per heavy atom. The molecule has 0 unspecified atom stereocenters. The van der Waals surface area contributed by atoms with Crippen LogP contribution in [0.15, 0.2) is 30.3 Å². The Labute approximate surface area is 90.9 Å². The van der Waals surface area contributed by atoms with E-state index in [0.29, 0.717) is 5.69 Å². The van der Waals surface area contributed by atoms with Crippen molar-refractivity contribution in [1.82, 2.24) is 0 Å². The third-order valence-electron chi connectivity index (χ3n) is 2.08. The second kappa shape index (κ2) is 4.49. The minimum absolute atomic E-state index is 0.588. The van der Waals surface area contributed by atoms with Crippen LogP contribution >= 0.6 is 0 Å². The summed E-state index contributed by atoms with van der Waals surface area (Å²) >= 11 is 0. The van der Waals surface area contributed by atoms with Gasteiger partial charge in [-0.2, -0.15) is 0 Å². The summed E-state index contributed by atoms with van der Waals surface area (Å²) in [7, 11) is -3.18. The Kier molecular flexibility index (Phi) is 3.52. The van der Waals surface area contributed by atoms with Crippen LogP contribution in [0.5, 0.6) is 0 Å². The number of rotatable bonds is 3. The molecule has 0 radical (unpaired) electrons. The fraction of sp³-hybridized carbons (Fsp3) is 0.273. The SMILES string of the molecule is CC=C(C)c1ccc(NS(C)(=O)=O)cc1. The lowest BCUT2D eigenvalue weighted by molar-refractivity contribution is 0.607. The molecular formula is C11H15NO2S. The van der Waals surface area contributed by atoms with Crippen LogP contribution in [-0.2, 0) is 10.0 Å². The third kappa shape index (κ3) is 3.75. The molecule has 0 spiro atoms. The van der Waals surface area contributed by atoms with Crippen LogP contribution < -0.4 is 4.72 Å². The van der Waals surface area contributed by atoms with Crippen LogP contribution in [0.2, 0.25) is 0 Å². The Bertz CT molecular complexity index is 458. The lowest BCUT2D eigenvalue weighted by Gasteiger charge is -2.05. The molecule has 0 saturated carbocycles. The van der Waals surface area contributed by atoms with Gasteiger partial charge in [0.05, 0.1) is 6.26 Å². The zero-order valence-electron chi connectivity index (χ0n) is 9.11. The first kappa shape index (κ1) is 11.8. The van der Waals surface area contributed by atoms with Crippen LogP contribution in [0, 0.1) is 0 Å². The van der Waals surface area contributed by atoms with E-state index in [1.54, 1.807) is 12.1 Å². The molecule has 0 aliphatic heterocycles. The molecule has 3 nitrogen and oxygen atoms in total. The molecule has 82 valence electrons. The highest BCUT2D eigenvalue weighted by Gasteiger charge is 2.01. The monoisotopic (exact) mass is 225 g/mol. The van der Waals surface area contributed by atoms with E-state index in [4.69, 9.17) is 0 Å². The quantitative estimate of drug-likeness (QED) is 0.859. The predicted octanol–water partition coefficient (Wildman–Crippen LogP) is 2.48. The molecule has 1 aromatic rings. The number of anilines is 1. The van der Waals surface area contributed by atoms with E-state index < -0.39 is 10.0 Å². The summed E-state index contributed by atoms with van der Waals surface area (Å²) in [6, 6.07) is 7.29. The van der Waals surface area contributed by atoms with Crippen molar-refractivity contribution in [2.24, 2.45) is 0 Å². The second-order valence-corrected chi connectivity index (χ2v) is 5.17. The van der Waals surface area contributed by atoms with Gasteiger partial charge in [0.1, 0.15) is 0 Å². The standard InChI is InChI=1S/C11H15NO2S/c1-4-9(2)10-5-7-11(8-6-10)12-15(3,13)14/h4-8,12H,1-3H3. The highest BCUT2D eigenvalue weighted by Crippen LogP contribution is 2.17. The predicted molar refractivity (Wildman–Crippen MR) is 64.2 cm³/mol. The maximum Gasteiger partial charge on any atom is 0.229 e. The van der Waals surface area contributed by atoms with Gasteiger partial charge in [-0.1, -0.05) is 18.2 Å². The van der Waals surface area contributed by atoms with Crippen molar-refractivity contribution < 1.29 is 8.42 Å². The minimum atomic E-state index is -3.18. The van der Waals surface area contributed by atoms with Gasteiger partial charge in [0.25, 0.3) is 0 Å². The summed E-state index contributed by atoms with van der Waals surface area (Å²) in [5, 5.41) is 0. The molecule has 0 heterocycles. The Hall–Kier alpha value is -1.29. The average molecular weight is 225 g/mol. The van der Waals surface area contributed by atoms with Crippen LogP contribution in [0.1, 0.15) is 19.4 Å². The van der Waals surface area contributed by atoms with Crippen molar-refractivity contribution in [2.75, 3.05) is 11.0 Å². The van der Waals surface area contributed by atoms with Gasteiger partial charge in [0, 0.05) is 5.69 Å². The van der Waals surface area contributed by atoms with Crippen molar-refractivity contribution in [3.05, 3.63) is 35.9 Å². The van der Waals surface area contributed by atoms with E-state index >= 15 is 0 Å². The summed E-state index contributed by atoms with van der Waals surface area (Å²) < 4.78 is 24.3.